The SMILES string of the molecule is CCC(CC)(C(Cc1ccncc1)NN)N1CCCC1. The van der Waals surface area contributed by atoms with Crippen LogP contribution < -0.4 is 11.3 Å². The van der Waals surface area contributed by atoms with Crippen molar-refractivity contribution in [3.63, 3.8) is 0 Å². The Morgan fingerprint density at radius 2 is 1.85 bits per heavy atom. The summed E-state index contributed by atoms with van der Waals surface area (Å²) in [5, 5.41) is 0. The molecular formula is C16H28N4. The Morgan fingerprint density at radius 3 is 2.35 bits per heavy atom. The molecule has 20 heavy (non-hydrogen) atoms. The second-order valence-electron chi connectivity index (χ2n) is 5.78. The summed E-state index contributed by atoms with van der Waals surface area (Å²) < 4.78 is 0. The molecule has 112 valence electrons. The van der Waals surface area contributed by atoms with Gasteiger partial charge in [0.25, 0.3) is 0 Å². The molecule has 0 aromatic carbocycles. The summed E-state index contributed by atoms with van der Waals surface area (Å²) >= 11 is 0. The lowest BCUT2D eigenvalue weighted by Crippen LogP contribution is -2.62. The van der Waals surface area contributed by atoms with Crippen LogP contribution in [0, 0.1) is 0 Å². The molecule has 4 heteroatoms. The van der Waals surface area contributed by atoms with E-state index < -0.39 is 0 Å². The van der Waals surface area contributed by atoms with Gasteiger partial charge in [0.05, 0.1) is 0 Å². The van der Waals surface area contributed by atoms with Gasteiger partial charge in [0.15, 0.2) is 0 Å². The molecule has 1 aromatic heterocycles. The normalized spacial score (nSPS) is 18.4. The van der Waals surface area contributed by atoms with E-state index in [1.165, 1.54) is 31.5 Å². The highest BCUT2D eigenvalue weighted by atomic mass is 15.3. The Kier molecular flexibility index (Phi) is 5.52. The lowest BCUT2D eigenvalue weighted by molar-refractivity contribution is 0.0620. The first-order chi connectivity index (χ1) is 9.76. The Bertz CT molecular complexity index is 383. The van der Waals surface area contributed by atoms with E-state index in [9.17, 15) is 0 Å². The van der Waals surface area contributed by atoms with E-state index in [4.69, 9.17) is 5.84 Å². The van der Waals surface area contributed by atoms with Crippen LogP contribution in [0.2, 0.25) is 0 Å². The average molecular weight is 276 g/mol. The number of hydrazine groups is 1. The molecule has 1 aromatic rings. The third-order valence-corrected chi connectivity index (χ3v) is 5.00. The zero-order valence-corrected chi connectivity index (χ0v) is 12.8. The summed E-state index contributed by atoms with van der Waals surface area (Å²) in [5.74, 6) is 5.93. The summed E-state index contributed by atoms with van der Waals surface area (Å²) in [6.45, 7) is 6.99. The highest BCUT2D eigenvalue weighted by Crippen LogP contribution is 2.32. The van der Waals surface area contributed by atoms with Crippen molar-refractivity contribution in [2.24, 2.45) is 5.84 Å². The van der Waals surface area contributed by atoms with E-state index in [1.54, 1.807) is 0 Å². The maximum absolute atomic E-state index is 5.93. The molecule has 0 spiro atoms. The highest BCUT2D eigenvalue weighted by Gasteiger charge is 2.41. The smallest absolute Gasteiger partial charge is 0.0434 e. The summed E-state index contributed by atoms with van der Waals surface area (Å²) in [7, 11) is 0. The molecule has 1 aliphatic heterocycles. The van der Waals surface area contributed by atoms with Crippen LogP contribution in [0.1, 0.15) is 45.1 Å². The van der Waals surface area contributed by atoms with Gasteiger partial charge in [0.2, 0.25) is 0 Å². The van der Waals surface area contributed by atoms with Crippen LogP contribution in [0.25, 0.3) is 0 Å². The van der Waals surface area contributed by atoms with Gasteiger partial charge < -0.3 is 0 Å². The van der Waals surface area contributed by atoms with Gasteiger partial charge in [-0.25, -0.2) is 0 Å². The van der Waals surface area contributed by atoms with Crippen LogP contribution in [0.5, 0.6) is 0 Å². The molecule has 0 saturated carbocycles. The van der Waals surface area contributed by atoms with E-state index in [0.29, 0.717) is 0 Å². The molecule has 0 bridgehead atoms. The zero-order valence-electron chi connectivity index (χ0n) is 12.8. The van der Waals surface area contributed by atoms with E-state index >= 15 is 0 Å². The molecule has 0 aliphatic carbocycles. The lowest BCUT2D eigenvalue weighted by Gasteiger charge is -2.46. The molecule has 1 atom stereocenters. The van der Waals surface area contributed by atoms with E-state index in [2.05, 4.69) is 41.3 Å². The predicted molar refractivity (Wildman–Crippen MR) is 83.2 cm³/mol. The second kappa shape index (κ2) is 7.16. The number of aromatic nitrogens is 1. The van der Waals surface area contributed by atoms with Crippen molar-refractivity contribution in [3.05, 3.63) is 30.1 Å². The first kappa shape index (κ1) is 15.4. The number of pyridine rings is 1. The van der Waals surface area contributed by atoms with Gasteiger partial charge in [-0.2, -0.15) is 0 Å². The van der Waals surface area contributed by atoms with Crippen LogP contribution in [-0.2, 0) is 6.42 Å². The van der Waals surface area contributed by atoms with E-state index in [-0.39, 0.29) is 11.6 Å². The Morgan fingerprint density at radius 1 is 1.25 bits per heavy atom. The minimum Gasteiger partial charge on any atom is -0.296 e. The molecule has 2 heterocycles. The molecule has 1 fully saturated rings. The zero-order chi connectivity index (χ0) is 14.4. The molecule has 1 unspecified atom stereocenters. The number of nitrogens with one attached hydrogen (secondary N) is 1. The van der Waals surface area contributed by atoms with Crippen molar-refractivity contribution < 1.29 is 0 Å². The summed E-state index contributed by atoms with van der Waals surface area (Å²) in [6.07, 6.45) is 9.56. The van der Waals surface area contributed by atoms with Crippen LogP contribution in [0.4, 0.5) is 0 Å². The quantitative estimate of drug-likeness (QED) is 0.591. The van der Waals surface area contributed by atoms with E-state index in [1.807, 2.05) is 12.4 Å². The lowest BCUT2D eigenvalue weighted by atomic mass is 9.80. The summed E-state index contributed by atoms with van der Waals surface area (Å²) in [4.78, 5) is 6.75. The third kappa shape index (κ3) is 3.03. The van der Waals surface area contributed by atoms with Crippen molar-refractivity contribution in [2.45, 2.75) is 57.5 Å². The number of nitrogens with two attached hydrogens (primary N) is 1. The summed E-state index contributed by atoms with van der Waals surface area (Å²) in [5.41, 5.74) is 4.57. The Labute approximate surface area is 122 Å². The first-order valence-corrected chi connectivity index (χ1v) is 7.87. The number of rotatable bonds is 7. The maximum atomic E-state index is 5.93. The first-order valence-electron chi connectivity index (χ1n) is 7.87. The molecule has 0 amide bonds. The molecule has 2 rings (SSSR count). The molecule has 3 N–H and O–H groups in total. The second-order valence-corrected chi connectivity index (χ2v) is 5.78. The topological polar surface area (TPSA) is 54.2 Å². The van der Waals surface area contributed by atoms with Crippen molar-refractivity contribution >= 4 is 0 Å². The fourth-order valence-corrected chi connectivity index (χ4v) is 3.73. The minimum atomic E-state index is 0.161. The Hall–Kier alpha value is -0.970. The predicted octanol–water partition coefficient (Wildman–Crippen LogP) is 2.11. The highest BCUT2D eigenvalue weighted by molar-refractivity contribution is 5.14. The molecular weight excluding hydrogens is 248 g/mol. The van der Waals surface area contributed by atoms with Gasteiger partial charge in [-0.3, -0.25) is 21.2 Å². The molecule has 1 saturated heterocycles. The van der Waals surface area contributed by atoms with Crippen LogP contribution in [0.3, 0.4) is 0 Å². The molecule has 0 radical (unpaired) electrons. The monoisotopic (exact) mass is 276 g/mol. The van der Waals surface area contributed by atoms with Gasteiger partial charge in [-0.05, 0) is 62.9 Å². The largest absolute Gasteiger partial charge is 0.296 e. The number of hydrogen-bond acceptors (Lipinski definition) is 4. The average Bonchev–Trinajstić information content (AvgIpc) is 3.03. The van der Waals surface area contributed by atoms with Gasteiger partial charge >= 0.3 is 0 Å². The summed E-state index contributed by atoms with van der Waals surface area (Å²) in [6, 6.07) is 4.45. The van der Waals surface area contributed by atoms with Crippen LogP contribution >= 0.6 is 0 Å². The van der Waals surface area contributed by atoms with Crippen molar-refractivity contribution in [1.29, 1.82) is 0 Å². The van der Waals surface area contributed by atoms with Crippen LogP contribution in [0.15, 0.2) is 24.5 Å². The van der Waals surface area contributed by atoms with Gasteiger partial charge in [0.1, 0.15) is 0 Å². The van der Waals surface area contributed by atoms with Crippen molar-refractivity contribution in [1.82, 2.24) is 15.3 Å². The third-order valence-electron chi connectivity index (χ3n) is 5.00. The number of likely N-dealkylation sites (tertiary alicyclic amines) is 1. The fourth-order valence-electron chi connectivity index (χ4n) is 3.73. The number of hydrogen-bond donors (Lipinski definition) is 2. The maximum Gasteiger partial charge on any atom is 0.0434 e. The minimum absolute atomic E-state index is 0.161. The Balaban J connectivity index is 2.20. The van der Waals surface area contributed by atoms with E-state index in [0.717, 1.165) is 19.3 Å². The van der Waals surface area contributed by atoms with Gasteiger partial charge in [-0.15, -0.1) is 0 Å². The van der Waals surface area contributed by atoms with Crippen molar-refractivity contribution in [3.8, 4) is 0 Å². The fraction of sp³-hybridized carbons (Fsp3) is 0.688. The molecule has 1 aliphatic rings. The van der Waals surface area contributed by atoms with Crippen LogP contribution in [-0.4, -0.2) is 34.6 Å². The number of nitrogens with zero attached hydrogens (tertiary/aromatic N) is 2. The van der Waals surface area contributed by atoms with Gasteiger partial charge in [0, 0.05) is 24.0 Å². The standard InChI is InChI=1S/C16H28N4/c1-3-16(4-2,20-11-5-6-12-20)15(19-17)13-14-7-9-18-10-8-14/h7-10,15,19H,3-6,11-13,17H2,1-2H3. The molecule has 4 nitrogen and oxygen atoms in total. The van der Waals surface area contributed by atoms with Crippen molar-refractivity contribution in [2.75, 3.05) is 13.1 Å². The van der Waals surface area contributed by atoms with Gasteiger partial charge in [-0.1, -0.05) is 13.8 Å².